The lowest BCUT2D eigenvalue weighted by Gasteiger charge is -2.33. The van der Waals surface area contributed by atoms with Gasteiger partial charge in [0.1, 0.15) is 6.04 Å². The number of hydrogen-bond acceptors (Lipinski definition) is 5. The van der Waals surface area contributed by atoms with Crippen LogP contribution in [0.4, 0.5) is 4.79 Å². The van der Waals surface area contributed by atoms with Crippen LogP contribution in [0.25, 0.3) is 0 Å². The summed E-state index contributed by atoms with van der Waals surface area (Å²) in [4.78, 5) is 24.9. The molecule has 0 aliphatic carbocycles. The van der Waals surface area contributed by atoms with E-state index in [9.17, 15) is 9.59 Å². The molecule has 1 atom stereocenters. The molecule has 0 aromatic carbocycles. The Morgan fingerprint density at radius 2 is 2.22 bits per heavy atom. The zero-order valence-electron chi connectivity index (χ0n) is 10.1. The molecule has 0 aromatic rings. The van der Waals surface area contributed by atoms with E-state index in [0.717, 1.165) is 24.6 Å². The number of carbonyl (C=O) groups excluding carboxylic acids is 2. The van der Waals surface area contributed by atoms with E-state index in [1.807, 2.05) is 0 Å². The Morgan fingerprint density at radius 3 is 2.78 bits per heavy atom. The maximum atomic E-state index is 12.1. The highest BCUT2D eigenvalue weighted by molar-refractivity contribution is 8.14. The molecule has 0 aromatic heterocycles. The number of hydrogen-bond donors (Lipinski definition) is 2. The minimum Gasteiger partial charge on any atom is -0.394 e. The zero-order valence-corrected chi connectivity index (χ0v) is 10.9. The topological polar surface area (TPSA) is 78.9 Å². The van der Waals surface area contributed by atoms with Crippen LogP contribution in [0.2, 0.25) is 0 Å². The third kappa shape index (κ3) is 3.37. The molecule has 2 heterocycles. The van der Waals surface area contributed by atoms with Crippen molar-refractivity contribution in [2.24, 2.45) is 0 Å². The fourth-order valence-corrected chi connectivity index (χ4v) is 2.97. The van der Waals surface area contributed by atoms with Crippen LogP contribution in [-0.4, -0.2) is 65.4 Å². The number of nitrogens with zero attached hydrogens (tertiary/aromatic N) is 1. The first kappa shape index (κ1) is 13.6. The van der Waals surface area contributed by atoms with Crippen LogP contribution in [0, 0.1) is 0 Å². The molecule has 18 heavy (non-hydrogen) atoms. The summed E-state index contributed by atoms with van der Waals surface area (Å²) in [6.45, 7) is 1.70. The second kappa shape index (κ2) is 6.40. The molecule has 2 amide bonds. The maximum Gasteiger partial charge on any atom is 0.279 e. The Kier molecular flexibility index (Phi) is 4.85. The summed E-state index contributed by atoms with van der Waals surface area (Å²) >= 11 is 1.16. The van der Waals surface area contributed by atoms with Gasteiger partial charge in [0.15, 0.2) is 0 Å². The number of aliphatic hydroxyl groups excluding tert-OH is 1. The Bertz CT molecular complexity index is 318. The predicted molar refractivity (Wildman–Crippen MR) is 67.4 cm³/mol. The van der Waals surface area contributed by atoms with Crippen LogP contribution >= 0.6 is 11.8 Å². The molecule has 2 aliphatic heterocycles. The summed E-state index contributed by atoms with van der Waals surface area (Å²) in [5.74, 6) is 0.535. The Balaban J connectivity index is 1.75. The van der Waals surface area contributed by atoms with Gasteiger partial charge in [0.2, 0.25) is 5.91 Å². The van der Waals surface area contributed by atoms with Crippen molar-refractivity contribution < 1.29 is 19.4 Å². The number of nitrogens with one attached hydrogen (secondary N) is 1. The lowest BCUT2D eigenvalue weighted by atomic mass is 10.1. The van der Waals surface area contributed by atoms with E-state index >= 15 is 0 Å². The van der Waals surface area contributed by atoms with E-state index in [4.69, 9.17) is 9.84 Å². The van der Waals surface area contributed by atoms with Crippen molar-refractivity contribution in [3.05, 3.63) is 0 Å². The molecule has 1 unspecified atom stereocenters. The number of amides is 2. The number of ether oxygens (including phenoxy) is 1. The quantitative estimate of drug-likeness (QED) is 0.743. The monoisotopic (exact) mass is 274 g/mol. The number of thioether (sulfide) groups is 1. The molecule has 0 radical (unpaired) electrons. The minimum atomic E-state index is -0.364. The Labute approximate surface area is 110 Å². The molecule has 0 spiro atoms. The van der Waals surface area contributed by atoms with Gasteiger partial charge >= 0.3 is 0 Å². The highest BCUT2D eigenvalue weighted by Crippen LogP contribution is 2.18. The van der Waals surface area contributed by atoms with Crippen molar-refractivity contribution in [3.63, 3.8) is 0 Å². The SMILES string of the molecule is O=C1NC(C(=O)N2CCC(OCCO)CC2)CS1. The molecular formula is C11H18N2O4S. The molecule has 7 heteroatoms. The fraction of sp³-hybridized carbons (Fsp3) is 0.818. The van der Waals surface area contributed by atoms with Gasteiger partial charge in [0.25, 0.3) is 5.24 Å². The summed E-state index contributed by atoms with van der Waals surface area (Å²) in [6.07, 6.45) is 1.72. The van der Waals surface area contributed by atoms with Crippen LogP contribution in [0.3, 0.4) is 0 Å². The smallest absolute Gasteiger partial charge is 0.279 e. The van der Waals surface area contributed by atoms with Crippen molar-refractivity contribution in [1.82, 2.24) is 10.2 Å². The third-order valence-electron chi connectivity index (χ3n) is 3.17. The number of piperidine rings is 1. The van der Waals surface area contributed by atoms with Crippen molar-refractivity contribution in [3.8, 4) is 0 Å². The van der Waals surface area contributed by atoms with Crippen LogP contribution < -0.4 is 5.32 Å². The molecule has 2 N–H and O–H groups in total. The third-order valence-corrected chi connectivity index (χ3v) is 4.05. The summed E-state index contributed by atoms with van der Waals surface area (Å²) in [7, 11) is 0. The van der Waals surface area contributed by atoms with E-state index in [1.165, 1.54) is 0 Å². The largest absolute Gasteiger partial charge is 0.394 e. The van der Waals surface area contributed by atoms with Gasteiger partial charge in [-0.1, -0.05) is 11.8 Å². The molecule has 102 valence electrons. The molecule has 2 aliphatic rings. The van der Waals surface area contributed by atoms with Crippen molar-refractivity contribution in [1.29, 1.82) is 0 Å². The van der Waals surface area contributed by atoms with Gasteiger partial charge < -0.3 is 20.1 Å². The molecule has 6 nitrogen and oxygen atoms in total. The second-order valence-corrected chi connectivity index (χ2v) is 5.41. The summed E-state index contributed by atoms with van der Waals surface area (Å²) in [6, 6.07) is -0.364. The number of aliphatic hydroxyl groups is 1. The molecule has 2 rings (SSSR count). The highest BCUT2D eigenvalue weighted by atomic mass is 32.2. The van der Waals surface area contributed by atoms with E-state index in [-0.39, 0.29) is 29.9 Å². The number of carbonyl (C=O) groups is 2. The average molecular weight is 274 g/mol. The van der Waals surface area contributed by atoms with Gasteiger partial charge in [-0.3, -0.25) is 9.59 Å². The lowest BCUT2D eigenvalue weighted by molar-refractivity contribution is -0.135. The molecule has 2 fully saturated rings. The van der Waals surface area contributed by atoms with Crippen molar-refractivity contribution in [2.75, 3.05) is 32.1 Å². The normalized spacial score (nSPS) is 25.3. The van der Waals surface area contributed by atoms with Gasteiger partial charge in [-0.2, -0.15) is 0 Å². The minimum absolute atomic E-state index is 0.00829. The van der Waals surface area contributed by atoms with Gasteiger partial charge in [-0.15, -0.1) is 0 Å². The molecule has 0 saturated carbocycles. The lowest BCUT2D eigenvalue weighted by Crippen LogP contribution is -2.49. The Hall–Kier alpha value is -0.790. The van der Waals surface area contributed by atoms with Crippen molar-refractivity contribution in [2.45, 2.75) is 25.0 Å². The van der Waals surface area contributed by atoms with Crippen LogP contribution in [-0.2, 0) is 9.53 Å². The van der Waals surface area contributed by atoms with Gasteiger partial charge in [-0.25, -0.2) is 0 Å². The first-order valence-electron chi connectivity index (χ1n) is 6.15. The van der Waals surface area contributed by atoms with E-state index in [0.29, 0.717) is 25.4 Å². The average Bonchev–Trinajstić information content (AvgIpc) is 2.83. The van der Waals surface area contributed by atoms with Crippen molar-refractivity contribution >= 4 is 22.9 Å². The number of likely N-dealkylation sites (tertiary alicyclic amines) is 1. The second-order valence-electron chi connectivity index (χ2n) is 4.41. The van der Waals surface area contributed by atoms with Crippen LogP contribution in [0.1, 0.15) is 12.8 Å². The van der Waals surface area contributed by atoms with E-state index in [1.54, 1.807) is 4.90 Å². The predicted octanol–water partition coefficient (Wildman–Crippen LogP) is -0.189. The first-order chi connectivity index (χ1) is 8.70. The molecule has 0 bridgehead atoms. The van der Waals surface area contributed by atoms with Gasteiger partial charge in [0, 0.05) is 18.8 Å². The highest BCUT2D eigenvalue weighted by Gasteiger charge is 2.33. The van der Waals surface area contributed by atoms with Crippen LogP contribution in [0.5, 0.6) is 0 Å². The standard InChI is InChI=1S/C11H18N2O4S/c14-5-6-17-8-1-3-13(4-2-8)10(15)9-7-18-11(16)12-9/h8-9,14H,1-7H2,(H,12,16). The molecule has 2 saturated heterocycles. The van der Waals surface area contributed by atoms with Gasteiger partial charge in [0.05, 0.1) is 19.3 Å². The van der Waals surface area contributed by atoms with Crippen LogP contribution in [0.15, 0.2) is 0 Å². The summed E-state index contributed by atoms with van der Waals surface area (Å²) in [5, 5.41) is 11.2. The van der Waals surface area contributed by atoms with E-state index in [2.05, 4.69) is 5.32 Å². The first-order valence-corrected chi connectivity index (χ1v) is 7.14. The fourth-order valence-electron chi connectivity index (χ4n) is 2.20. The molecular weight excluding hydrogens is 256 g/mol. The summed E-state index contributed by atoms with van der Waals surface area (Å²) in [5.41, 5.74) is 0. The van der Waals surface area contributed by atoms with Gasteiger partial charge in [-0.05, 0) is 12.8 Å². The Morgan fingerprint density at radius 1 is 1.50 bits per heavy atom. The summed E-state index contributed by atoms with van der Waals surface area (Å²) < 4.78 is 5.44. The zero-order chi connectivity index (χ0) is 13.0. The number of rotatable bonds is 4. The maximum absolute atomic E-state index is 12.1. The van der Waals surface area contributed by atoms with E-state index < -0.39 is 0 Å².